The maximum absolute atomic E-state index is 13.3. The molecule has 2 aromatic carbocycles. The van der Waals surface area contributed by atoms with E-state index in [4.69, 9.17) is 4.74 Å². The molecule has 1 aliphatic heterocycles. The van der Waals surface area contributed by atoms with Crippen LogP contribution in [0.5, 0.6) is 5.75 Å². The van der Waals surface area contributed by atoms with E-state index >= 15 is 0 Å². The van der Waals surface area contributed by atoms with Gasteiger partial charge in [-0.2, -0.15) is 5.10 Å². The summed E-state index contributed by atoms with van der Waals surface area (Å²) in [5.74, 6) is 1.34. The lowest BCUT2D eigenvalue weighted by atomic mass is 10.0. The summed E-state index contributed by atoms with van der Waals surface area (Å²) >= 11 is 0. The number of ether oxygens (including phenoxy) is 1. The molecule has 1 aliphatic rings. The van der Waals surface area contributed by atoms with Gasteiger partial charge in [-0.1, -0.05) is 12.1 Å². The molecule has 1 saturated heterocycles. The first-order chi connectivity index (χ1) is 14.6. The zero-order valence-electron chi connectivity index (χ0n) is 16.9. The molecule has 6 nitrogen and oxygen atoms in total. The van der Waals surface area contributed by atoms with Crippen LogP contribution in [-0.4, -0.2) is 42.3 Å². The Bertz CT molecular complexity index is 994. The Morgan fingerprint density at radius 2 is 1.97 bits per heavy atom. The van der Waals surface area contributed by atoms with Crippen molar-refractivity contribution in [1.82, 2.24) is 15.5 Å². The predicted molar refractivity (Wildman–Crippen MR) is 114 cm³/mol. The highest BCUT2D eigenvalue weighted by atomic mass is 19.1. The number of hydrogen-bond acceptors (Lipinski definition) is 4. The summed E-state index contributed by atoms with van der Waals surface area (Å²) in [5, 5.41) is 10.6. The second kappa shape index (κ2) is 8.98. The predicted octanol–water partition coefficient (Wildman–Crippen LogP) is 3.55. The second-order valence-corrected chi connectivity index (χ2v) is 7.50. The van der Waals surface area contributed by atoms with Crippen molar-refractivity contribution in [2.75, 3.05) is 25.1 Å². The normalized spacial score (nSPS) is 14.5. The zero-order chi connectivity index (χ0) is 20.9. The first-order valence-electron chi connectivity index (χ1n) is 10.1. The zero-order valence-corrected chi connectivity index (χ0v) is 16.9. The van der Waals surface area contributed by atoms with Crippen LogP contribution in [0.3, 0.4) is 0 Å². The molecule has 1 fully saturated rings. The molecule has 0 aliphatic carbocycles. The number of benzene rings is 2. The van der Waals surface area contributed by atoms with Gasteiger partial charge in [-0.05, 0) is 60.4 Å². The van der Waals surface area contributed by atoms with Crippen molar-refractivity contribution < 1.29 is 13.9 Å². The fourth-order valence-electron chi connectivity index (χ4n) is 3.76. The first kappa shape index (κ1) is 19.9. The molecule has 1 amide bonds. The maximum Gasteiger partial charge on any atom is 0.224 e. The number of hydrogen-bond donors (Lipinski definition) is 2. The molecule has 0 bridgehead atoms. The van der Waals surface area contributed by atoms with Gasteiger partial charge >= 0.3 is 0 Å². The quantitative estimate of drug-likeness (QED) is 0.654. The standard InChI is InChI=1S/C23H25FN4O2/c1-30-20-7-5-17(6-8-20)21-15-22(27-26-21)28-11-9-19(10-12-28)25-23(29)14-16-3-2-4-18(24)13-16/h2-8,13,15,19H,9-12,14H2,1H3,(H,25,29)(H,26,27). The summed E-state index contributed by atoms with van der Waals surface area (Å²) in [6.45, 7) is 1.63. The van der Waals surface area contributed by atoms with Crippen LogP contribution in [0.25, 0.3) is 11.3 Å². The third-order valence-corrected chi connectivity index (χ3v) is 5.40. The van der Waals surface area contributed by atoms with Crippen molar-refractivity contribution in [3.05, 3.63) is 66.0 Å². The minimum atomic E-state index is -0.318. The molecule has 30 heavy (non-hydrogen) atoms. The number of anilines is 1. The van der Waals surface area contributed by atoms with Crippen LogP contribution in [0.15, 0.2) is 54.6 Å². The molecule has 7 heteroatoms. The molecule has 0 radical (unpaired) electrons. The van der Waals surface area contributed by atoms with E-state index in [2.05, 4.69) is 20.4 Å². The Hall–Kier alpha value is -3.35. The van der Waals surface area contributed by atoms with Crippen molar-refractivity contribution in [2.45, 2.75) is 25.3 Å². The van der Waals surface area contributed by atoms with Gasteiger partial charge in [-0.3, -0.25) is 9.89 Å². The van der Waals surface area contributed by atoms with Gasteiger partial charge < -0.3 is 15.0 Å². The topological polar surface area (TPSA) is 70.2 Å². The highest BCUT2D eigenvalue weighted by molar-refractivity contribution is 5.78. The number of halogens is 1. The number of nitrogens with zero attached hydrogens (tertiary/aromatic N) is 2. The number of carbonyl (C=O) groups is 1. The summed E-state index contributed by atoms with van der Waals surface area (Å²) in [5.41, 5.74) is 2.69. The third kappa shape index (κ3) is 4.79. The number of H-pyrrole nitrogens is 1. The second-order valence-electron chi connectivity index (χ2n) is 7.50. The Labute approximate surface area is 175 Å². The van der Waals surface area contributed by atoms with Gasteiger partial charge in [-0.15, -0.1) is 0 Å². The van der Waals surface area contributed by atoms with E-state index in [0.717, 1.165) is 48.8 Å². The smallest absolute Gasteiger partial charge is 0.224 e. The lowest BCUT2D eigenvalue weighted by Gasteiger charge is -2.32. The molecule has 0 unspecified atom stereocenters. The van der Waals surface area contributed by atoms with E-state index in [9.17, 15) is 9.18 Å². The van der Waals surface area contributed by atoms with Gasteiger partial charge in [0.15, 0.2) is 5.82 Å². The first-order valence-corrected chi connectivity index (χ1v) is 10.1. The SMILES string of the molecule is COc1ccc(-c2cc(N3CCC(NC(=O)Cc4cccc(F)c4)CC3)n[nH]2)cc1. The van der Waals surface area contributed by atoms with Crippen molar-refractivity contribution >= 4 is 11.7 Å². The monoisotopic (exact) mass is 408 g/mol. The lowest BCUT2D eigenvalue weighted by molar-refractivity contribution is -0.121. The summed E-state index contributed by atoms with van der Waals surface area (Å²) in [4.78, 5) is 14.5. The highest BCUT2D eigenvalue weighted by Crippen LogP contribution is 2.25. The molecule has 2 N–H and O–H groups in total. The molecule has 1 aromatic heterocycles. The van der Waals surface area contributed by atoms with Gasteiger partial charge in [0.2, 0.25) is 5.91 Å². The van der Waals surface area contributed by atoms with Crippen molar-refractivity contribution in [3.63, 3.8) is 0 Å². The van der Waals surface area contributed by atoms with Gasteiger partial charge in [-0.25, -0.2) is 4.39 Å². The van der Waals surface area contributed by atoms with Gasteiger partial charge in [0.1, 0.15) is 11.6 Å². The number of piperidine rings is 1. The molecule has 3 aromatic rings. The van der Waals surface area contributed by atoms with E-state index in [1.807, 2.05) is 30.3 Å². The number of carbonyl (C=O) groups excluding carboxylic acids is 1. The minimum Gasteiger partial charge on any atom is -0.497 e. The number of nitrogens with one attached hydrogen (secondary N) is 2. The largest absolute Gasteiger partial charge is 0.497 e. The summed E-state index contributed by atoms with van der Waals surface area (Å²) < 4.78 is 18.5. The number of aromatic amines is 1. The fourth-order valence-corrected chi connectivity index (χ4v) is 3.76. The van der Waals surface area contributed by atoms with Crippen LogP contribution in [0.2, 0.25) is 0 Å². The molecule has 0 atom stereocenters. The van der Waals surface area contributed by atoms with Crippen LogP contribution in [-0.2, 0) is 11.2 Å². The summed E-state index contributed by atoms with van der Waals surface area (Å²) in [6, 6.07) is 16.2. The van der Waals surface area contributed by atoms with E-state index in [0.29, 0.717) is 5.56 Å². The van der Waals surface area contributed by atoms with E-state index in [-0.39, 0.29) is 24.2 Å². The van der Waals surface area contributed by atoms with E-state index in [1.165, 1.54) is 12.1 Å². The summed E-state index contributed by atoms with van der Waals surface area (Å²) in [7, 11) is 1.65. The molecular formula is C23H25FN4O2. The Morgan fingerprint density at radius 1 is 1.20 bits per heavy atom. The third-order valence-electron chi connectivity index (χ3n) is 5.40. The van der Waals surface area contributed by atoms with Crippen LogP contribution in [0.4, 0.5) is 10.2 Å². The average molecular weight is 408 g/mol. The fraction of sp³-hybridized carbons (Fsp3) is 0.304. The maximum atomic E-state index is 13.3. The number of aromatic nitrogens is 2. The van der Waals surface area contributed by atoms with Crippen LogP contribution >= 0.6 is 0 Å². The molecule has 0 spiro atoms. The minimum absolute atomic E-state index is 0.0689. The summed E-state index contributed by atoms with van der Waals surface area (Å²) in [6.07, 6.45) is 1.89. The van der Waals surface area contributed by atoms with Gasteiger partial charge in [0.05, 0.1) is 19.2 Å². The number of amides is 1. The highest BCUT2D eigenvalue weighted by Gasteiger charge is 2.22. The molecule has 4 rings (SSSR count). The Morgan fingerprint density at radius 3 is 2.67 bits per heavy atom. The molecule has 156 valence electrons. The molecule has 2 heterocycles. The molecular weight excluding hydrogens is 383 g/mol. The average Bonchev–Trinajstić information content (AvgIpc) is 3.24. The van der Waals surface area contributed by atoms with Crippen LogP contribution < -0.4 is 15.0 Å². The van der Waals surface area contributed by atoms with Crippen molar-refractivity contribution in [3.8, 4) is 17.0 Å². The van der Waals surface area contributed by atoms with Crippen LogP contribution in [0, 0.1) is 5.82 Å². The van der Waals surface area contributed by atoms with Gasteiger partial charge in [0.25, 0.3) is 0 Å². The van der Waals surface area contributed by atoms with Crippen molar-refractivity contribution in [2.24, 2.45) is 0 Å². The number of rotatable bonds is 6. The van der Waals surface area contributed by atoms with Gasteiger partial charge in [0, 0.05) is 25.2 Å². The van der Waals surface area contributed by atoms with Crippen molar-refractivity contribution in [1.29, 1.82) is 0 Å². The van der Waals surface area contributed by atoms with E-state index < -0.39 is 0 Å². The molecule has 0 saturated carbocycles. The lowest BCUT2D eigenvalue weighted by Crippen LogP contribution is -2.45. The Kier molecular flexibility index (Phi) is 5.97. The van der Waals surface area contributed by atoms with E-state index in [1.54, 1.807) is 19.2 Å². The number of methoxy groups -OCH3 is 1. The van der Waals surface area contributed by atoms with Crippen LogP contribution in [0.1, 0.15) is 18.4 Å². The Balaban J connectivity index is 1.29.